The first-order valence-corrected chi connectivity index (χ1v) is 29.2. The Kier molecular flexibility index (Phi) is 16.4. The van der Waals surface area contributed by atoms with Crippen molar-refractivity contribution < 1.29 is 44.7 Å². The van der Waals surface area contributed by atoms with Crippen LogP contribution in [0.25, 0.3) is 32.7 Å². The zero-order valence-electron chi connectivity index (χ0n) is 44.9. The number of nitrogens with one attached hydrogen (secondary N) is 7. The maximum atomic E-state index is 12.5. The number of carbonyl (C=O) groups is 4. The number of para-hydroxylation sites is 3. The molecule has 7 heterocycles. The molecule has 16 nitrogen and oxygen atoms in total. The van der Waals surface area contributed by atoms with Crippen LogP contribution in [0.4, 0.5) is 0 Å². The van der Waals surface area contributed by atoms with E-state index in [0.29, 0.717) is 33.4 Å². The van der Waals surface area contributed by atoms with Crippen molar-refractivity contribution >= 4 is 120 Å². The molecule has 4 amide bonds. The fourth-order valence-electron chi connectivity index (χ4n) is 11.3. The predicted molar refractivity (Wildman–Crippen MR) is 331 cm³/mol. The number of hydrogen-bond acceptors (Lipinski definition) is 9. The van der Waals surface area contributed by atoms with E-state index in [-0.39, 0.29) is 43.4 Å². The molecule has 0 bridgehead atoms. The van der Waals surface area contributed by atoms with Crippen molar-refractivity contribution in [3.63, 3.8) is 0 Å². The number of rotatable bonds is 5. The van der Waals surface area contributed by atoms with E-state index in [1.54, 1.807) is 50.2 Å². The van der Waals surface area contributed by atoms with Crippen molar-refractivity contribution in [1.29, 1.82) is 0 Å². The maximum absolute atomic E-state index is 12.5. The Bertz CT molecular complexity index is 4200. The molecule has 4 unspecified atom stereocenters. The summed E-state index contributed by atoms with van der Waals surface area (Å²) in [6.45, 7) is 6.94. The van der Waals surface area contributed by atoms with Crippen LogP contribution in [0.15, 0.2) is 170 Å². The zero-order valence-corrected chi connectivity index (χ0v) is 51.3. The van der Waals surface area contributed by atoms with E-state index < -0.39 is 22.5 Å². The first-order chi connectivity index (χ1) is 39.5. The lowest BCUT2D eigenvalue weighted by atomic mass is 9.83. The smallest absolute Gasteiger partial charge is 0.254 e. The van der Waals surface area contributed by atoms with E-state index in [4.69, 9.17) is 5.11 Å². The number of aliphatic hydroxyl groups excluding tert-OH is 3. The molecule has 424 valence electrons. The van der Waals surface area contributed by atoms with Gasteiger partial charge >= 0.3 is 0 Å². The van der Waals surface area contributed by atoms with E-state index in [0.717, 1.165) is 89.9 Å². The molecule has 10 aromatic rings. The van der Waals surface area contributed by atoms with Crippen molar-refractivity contribution in [2.75, 3.05) is 0 Å². The number of H-pyrrole nitrogens is 3. The van der Waals surface area contributed by atoms with E-state index >= 15 is 0 Å². The number of benzene rings is 7. The van der Waals surface area contributed by atoms with Crippen molar-refractivity contribution in [2.24, 2.45) is 0 Å². The summed E-state index contributed by atoms with van der Waals surface area (Å²) in [6.07, 6.45) is 0. The number of hydrogen-bond donors (Lipinski definition) is 12. The standard InChI is InChI=1S/2C18H15BrN2O2.2C9H8BrNO2.C9H9NO/c1-18(13-8-10(19)6-7-11(13)17(23)21-18)16-12-4-2-3-5-14(12)20-15(16)9-22;1-18(13-7-6-10(19)8-12(13)17(23)21-18)16-11-4-2-3-5-14(11)20-15(16)9-22;1-9(13)7-3-2-5(10)4-6(7)8(12)11-9;1-9(13)7-4-5(10)2-3-6(7)8(12)11-9;11-6-8-5-7-3-1-2-4-9(7)10-8/h2*2-8,20,22H,9H2,1H3,(H,21,23);2*2-4,13H,1H3,(H,11,12);1-5,10-11H,6H2. The summed E-state index contributed by atoms with van der Waals surface area (Å²) in [5.74, 6) is -0.657. The van der Waals surface area contributed by atoms with Gasteiger partial charge in [0.15, 0.2) is 11.4 Å². The summed E-state index contributed by atoms with van der Waals surface area (Å²) in [5, 5.41) is 62.3. The van der Waals surface area contributed by atoms with Gasteiger partial charge in [0.05, 0.1) is 30.9 Å². The molecule has 4 aliphatic heterocycles. The van der Waals surface area contributed by atoms with Gasteiger partial charge in [-0.25, -0.2) is 0 Å². The molecule has 0 saturated heterocycles. The lowest BCUT2D eigenvalue weighted by molar-refractivity contribution is 0.0290. The number of aromatic amines is 3. The molecule has 83 heavy (non-hydrogen) atoms. The SMILES string of the molecule is CC1(O)NC(=O)c2cc(Br)ccc21.CC1(O)NC(=O)c2ccc(Br)cc21.CC1(c2c(CO)[nH]c3ccccc23)NC(=O)c2cc(Br)ccc21.CC1(c2c(CO)[nH]c3ccccc23)NC(=O)c2ccc(Br)cc21.OCc1cc2ccccc2[nH]1. The van der Waals surface area contributed by atoms with Gasteiger partial charge < -0.3 is 61.8 Å². The molecular weight excluding hydrogens is 1320 g/mol. The molecule has 0 fully saturated rings. The number of carbonyl (C=O) groups excluding carboxylic acids is 4. The highest BCUT2D eigenvalue weighted by atomic mass is 79.9. The van der Waals surface area contributed by atoms with Crippen LogP contribution in [-0.4, -0.2) is 64.1 Å². The molecule has 4 aliphatic rings. The minimum Gasteiger partial charge on any atom is -0.390 e. The lowest BCUT2D eigenvalue weighted by Gasteiger charge is -2.27. The highest BCUT2D eigenvalue weighted by molar-refractivity contribution is 9.11. The Morgan fingerprint density at radius 2 is 0.783 bits per heavy atom. The van der Waals surface area contributed by atoms with E-state index in [9.17, 15) is 39.6 Å². The third-order valence-electron chi connectivity index (χ3n) is 15.1. The maximum Gasteiger partial charge on any atom is 0.254 e. The quantitative estimate of drug-likeness (QED) is 0.0781. The van der Waals surface area contributed by atoms with Gasteiger partial charge in [-0.15, -0.1) is 0 Å². The first kappa shape index (κ1) is 58.9. The molecule has 3 aromatic heterocycles. The number of amides is 4. The van der Waals surface area contributed by atoms with Crippen LogP contribution in [-0.2, 0) is 42.3 Å². The monoisotopic (exact) mass is 1370 g/mol. The second-order valence-corrected chi connectivity index (χ2v) is 24.5. The average Bonchev–Trinajstić information content (AvgIpc) is 2.76. The third-order valence-corrected chi connectivity index (χ3v) is 17.1. The zero-order chi connectivity index (χ0) is 59.3. The largest absolute Gasteiger partial charge is 0.390 e. The first-order valence-electron chi connectivity index (χ1n) is 26.0. The fraction of sp³-hybridized carbons (Fsp3) is 0.175. The number of fused-ring (bicyclic) bond motifs is 7. The Balaban J connectivity index is 0.000000120. The molecule has 7 aromatic carbocycles. The summed E-state index contributed by atoms with van der Waals surface area (Å²) >= 11 is 13.5. The van der Waals surface area contributed by atoms with Gasteiger partial charge in [0, 0.05) is 107 Å². The number of aromatic nitrogens is 3. The van der Waals surface area contributed by atoms with Crippen molar-refractivity contribution in [2.45, 2.75) is 70.0 Å². The van der Waals surface area contributed by atoms with Crippen LogP contribution in [0.2, 0.25) is 0 Å². The molecule has 4 atom stereocenters. The van der Waals surface area contributed by atoms with Gasteiger partial charge in [-0.1, -0.05) is 130 Å². The highest BCUT2D eigenvalue weighted by Crippen LogP contribution is 2.45. The Hall–Kier alpha value is -7.24. The molecule has 14 rings (SSSR count). The van der Waals surface area contributed by atoms with Crippen LogP contribution in [0.3, 0.4) is 0 Å². The fourth-order valence-corrected chi connectivity index (χ4v) is 12.8. The molecule has 0 spiro atoms. The van der Waals surface area contributed by atoms with Crippen LogP contribution in [0.1, 0.15) is 120 Å². The number of aliphatic hydroxyl groups is 5. The minimum atomic E-state index is -1.24. The highest BCUT2D eigenvalue weighted by Gasteiger charge is 2.45. The van der Waals surface area contributed by atoms with Gasteiger partial charge in [0.2, 0.25) is 0 Å². The van der Waals surface area contributed by atoms with Crippen molar-refractivity contribution in [3.05, 3.63) is 242 Å². The normalized spacial score (nSPS) is 20.4. The van der Waals surface area contributed by atoms with Crippen LogP contribution < -0.4 is 21.3 Å². The summed E-state index contributed by atoms with van der Waals surface area (Å²) in [6, 6.07) is 47.5. The minimum absolute atomic E-state index is 0.0781. The molecule has 20 heteroatoms. The van der Waals surface area contributed by atoms with Gasteiger partial charge in [-0.3, -0.25) is 19.2 Å². The second-order valence-electron chi connectivity index (χ2n) is 20.9. The predicted octanol–water partition coefficient (Wildman–Crippen LogP) is 11.2. The lowest BCUT2D eigenvalue weighted by Crippen LogP contribution is -2.38. The Labute approximate surface area is 509 Å². The van der Waals surface area contributed by atoms with Gasteiger partial charge in [-0.05, 0) is 129 Å². The molecule has 12 N–H and O–H groups in total. The Morgan fingerprint density at radius 1 is 0.386 bits per heavy atom. The van der Waals surface area contributed by atoms with Gasteiger partial charge in [0.25, 0.3) is 23.6 Å². The van der Waals surface area contributed by atoms with E-state index in [1.165, 1.54) is 0 Å². The molecular formula is C63H55Br4N7O9. The van der Waals surface area contributed by atoms with Crippen LogP contribution in [0.5, 0.6) is 0 Å². The van der Waals surface area contributed by atoms with E-state index in [1.807, 2.05) is 129 Å². The summed E-state index contributed by atoms with van der Waals surface area (Å²) in [7, 11) is 0. The topological polar surface area (TPSA) is 265 Å². The number of halogens is 4. The summed E-state index contributed by atoms with van der Waals surface area (Å²) < 4.78 is 3.48. The molecule has 0 aliphatic carbocycles. The van der Waals surface area contributed by atoms with E-state index in [2.05, 4.69) is 99.9 Å². The van der Waals surface area contributed by atoms with Gasteiger partial charge in [-0.2, -0.15) is 0 Å². The molecule has 0 saturated carbocycles. The second kappa shape index (κ2) is 23.1. The van der Waals surface area contributed by atoms with Crippen LogP contribution >= 0.6 is 63.7 Å². The van der Waals surface area contributed by atoms with Crippen molar-refractivity contribution in [3.8, 4) is 0 Å². The molecule has 0 radical (unpaired) electrons. The van der Waals surface area contributed by atoms with Gasteiger partial charge in [0.1, 0.15) is 0 Å². The van der Waals surface area contributed by atoms with Crippen molar-refractivity contribution in [1.82, 2.24) is 36.2 Å². The summed E-state index contributed by atoms with van der Waals surface area (Å²) in [5.41, 5.74) is 8.78. The average molecular weight is 1370 g/mol. The van der Waals surface area contributed by atoms with Crippen LogP contribution in [0, 0.1) is 0 Å². The Morgan fingerprint density at radius 3 is 1.31 bits per heavy atom. The third kappa shape index (κ3) is 11.2. The summed E-state index contributed by atoms with van der Waals surface area (Å²) in [4.78, 5) is 57.2.